The Morgan fingerprint density at radius 3 is 2.73 bits per heavy atom. The van der Waals surface area contributed by atoms with Crippen molar-refractivity contribution in [1.29, 1.82) is 0 Å². The second-order valence-electron chi connectivity index (χ2n) is 5.92. The van der Waals surface area contributed by atoms with Crippen molar-refractivity contribution < 1.29 is 9.66 Å². The molecule has 0 spiro atoms. The molecule has 0 unspecified atom stereocenters. The zero-order valence-electron chi connectivity index (χ0n) is 14.7. The SMILES string of the molecule is COc1cc(NCc2cccc(Cn3ccnc3C)c2)ccc1[N+](=O)[O-]. The van der Waals surface area contributed by atoms with Gasteiger partial charge in [0.2, 0.25) is 0 Å². The Labute approximate surface area is 151 Å². The van der Waals surface area contributed by atoms with Gasteiger partial charge in [0.25, 0.3) is 0 Å². The monoisotopic (exact) mass is 352 g/mol. The quantitative estimate of drug-likeness (QED) is 0.517. The summed E-state index contributed by atoms with van der Waals surface area (Å²) in [6, 6.07) is 13.0. The third-order valence-corrected chi connectivity index (χ3v) is 4.14. The highest BCUT2D eigenvalue weighted by Gasteiger charge is 2.14. The van der Waals surface area contributed by atoms with E-state index in [2.05, 4.69) is 27.0 Å². The van der Waals surface area contributed by atoms with Crippen molar-refractivity contribution in [2.45, 2.75) is 20.0 Å². The topological polar surface area (TPSA) is 82.2 Å². The Balaban J connectivity index is 1.69. The average Bonchev–Trinajstić information content (AvgIpc) is 3.04. The maximum absolute atomic E-state index is 11.0. The minimum Gasteiger partial charge on any atom is -0.490 e. The lowest BCUT2D eigenvalue weighted by molar-refractivity contribution is -0.385. The molecule has 3 aromatic rings. The van der Waals surface area contributed by atoms with Crippen LogP contribution in [0.3, 0.4) is 0 Å². The van der Waals surface area contributed by atoms with Crippen LogP contribution < -0.4 is 10.1 Å². The highest BCUT2D eigenvalue weighted by atomic mass is 16.6. The number of hydrogen-bond acceptors (Lipinski definition) is 5. The molecule has 2 aromatic carbocycles. The van der Waals surface area contributed by atoms with E-state index < -0.39 is 4.92 Å². The summed E-state index contributed by atoms with van der Waals surface area (Å²) >= 11 is 0. The van der Waals surface area contributed by atoms with Crippen molar-refractivity contribution in [3.05, 3.63) is 81.9 Å². The van der Waals surface area contributed by atoms with Crippen LogP contribution in [0.1, 0.15) is 17.0 Å². The summed E-state index contributed by atoms with van der Waals surface area (Å²) in [6.45, 7) is 3.36. The predicted octanol–water partition coefficient (Wildman–Crippen LogP) is 3.77. The van der Waals surface area contributed by atoms with Gasteiger partial charge in [0.1, 0.15) is 5.82 Å². The molecular weight excluding hydrogens is 332 g/mol. The summed E-state index contributed by atoms with van der Waals surface area (Å²) in [7, 11) is 1.42. The van der Waals surface area contributed by atoms with Gasteiger partial charge in [-0.15, -0.1) is 0 Å². The lowest BCUT2D eigenvalue weighted by Crippen LogP contribution is -2.04. The first-order valence-electron chi connectivity index (χ1n) is 8.18. The zero-order valence-corrected chi connectivity index (χ0v) is 14.7. The van der Waals surface area contributed by atoms with Crippen molar-refractivity contribution in [2.75, 3.05) is 12.4 Å². The number of imidazole rings is 1. The number of aryl methyl sites for hydroxylation is 1. The molecule has 0 radical (unpaired) electrons. The summed E-state index contributed by atoms with van der Waals surface area (Å²) in [6.07, 6.45) is 3.76. The number of nitrogens with one attached hydrogen (secondary N) is 1. The van der Waals surface area contributed by atoms with Crippen LogP contribution >= 0.6 is 0 Å². The Morgan fingerprint density at radius 2 is 2.04 bits per heavy atom. The maximum Gasteiger partial charge on any atom is 0.311 e. The van der Waals surface area contributed by atoms with Gasteiger partial charge < -0.3 is 14.6 Å². The van der Waals surface area contributed by atoms with Gasteiger partial charge >= 0.3 is 5.69 Å². The van der Waals surface area contributed by atoms with Crippen molar-refractivity contribution in [3.8, 4) is 5.75 Å². The van der Waals surface area contributed by atoms with Gasteiger partial charge in [0.15, 0.2) is 5.75 Å². The Kier molecular flexibility index (Phi) is 5.17. The van der Waals surface area contributed by atoms with Crippen LogP contribution in [0.5, 0.6) is 5.75 Å². The van der Waals surface area contributed by atoms with E-state index in [9.17, 15) is 10.1 Å². The molecular formula is C19H20N4O3. The summed E-state index contributed by atoms with van der Waals surface area (Å²) in [5, 5.41) is 14.2. The van der Waals surface area contributed by atoms with E-state index in [1.165, 1.54) is 18.7 Å². The first-order chi connectivity index (χ1) is 12.6. The summed E-state index contributed by atoms with van der Waals surface area (Å²) in [5.74, 6) is 1.22. The van der Waals surface area contributed by atoms with Crippen LogP contribution in [0.15, 0.2) is 54.9 Å². The summed E-state index contributed by atoms with van der Waals surface area (Å²) in [5.41, 5.74) is 3.03. The van der Waals surface area contributed by atoms with Gasteiger partial charge in [-0.05, 0) is 24.1 Å². The second kappa shape index (κ2) is 7.69. The number of anilines is 1. The highest BCUT2D eigenvalue weighted by molar-refractivity contribution is 5.58. The van der Waals surface area contributed by atoms with Gasteiger partial charge in [-0.1, -0.05) is 24.3 Å². The normalized spacial score (nSPS) is 10.5. The van der Waals surface area contributed by atoms with E-state index in [1.54, 1.807) is 18.3 Å². The van der Waals surface area contributed by atoms with Crippen molar-refractivity contribution in [1.82, 2.24) is 9.55 Å². The fourth-order valence-electron chi connectivity index (χ4n) is 2.75. The number of ether oxygens (including phenoxy) is 1. The predicted molar refractivity (Wildman–Crippen MR) is 99.5 cm³/mol. The molecule has 3 rings (SSSR count). The van der Waals surface area contributed by atoms with Crippen LogP contribution in [-0.2, 0) is 13.1 Å². The molecule has 0 atom stereocenters. The third-order valence-electron chi connectivity index (χ3n) is 4.14. The molecule has 7 nitrogen and oxygen atoms in total. The number of rotatable bonds is 7. The largest absolute Gasteiger partial charge is 0.490 e. The molecule has 1 aromatic heterocycles. The number of nitro groups is 1. The fourth-order valence-corrected chi connectivity index (χ4v) is 2.75. The molecule has 0 fully saturated rings. The molecule has 1 heterocycles. The Morgan fingerprint density at radius 1 is 1.23 bits per heavy atom. The third kappa shape index (κ3) is 4.00. The first-order valence-corrected chi connectivity index (χ1v) is 8.18. The minimum absolute atomic E-state index is 0.0456. The second-order valence-corrected chi connectivity index (χ2v) is 5.92. The molecule has 0 saturated carbocycles. The van der Waals surface area contributed by atoms with Crippen LogP contribution in [0.2, 0.25) is 0 Å². The molecule has 0 saturated heterocycles. The summed E-state index contributed by atoms with van der Waals surface area (Å²) in [4.78, 5) is 14.7. The van der Waals surface area contributed by atoms with E-state index in [1.807, 2.05) is 25.3 Å². The zero-order chi connectivity index (χ0) is 18.5. The highest BCUT2D eigenvalue weighted by Crippen LogP contribution is 2.29. The molecule has 0 aliphatic rings. The van der Waals surface area contributed by atoms with Gasteiger partial charge in [0.05, 0.1) is 12.0 Å². The van der Waals surface area contributed by atoms with Crippen LogP contribution in [0.25, 0.3) is 0 Å². The van der Waals surface area contributed by atoms with Gasteiger partial charge in [-0.25, -0.2) is 4.98 Å². The molecule has 7 heteroatoms. The average molecular weight is 352 g/mol. The van der Waals surface area contributed by atoms with Crippen molar-refractivity contribution in [2.24, 2.45) is 0 Å². The molecule has 26 heavy (non-hydrogen) atoms. The first kappa shape index (κ1) is 17.5. The molecule has 0 bridgehead atoms. The van der Waals surface area contributed by atoms with E-state index in [4.69, 9.17) is 4.74 Å². The molecule has 134 valence electrons. The van der Waals surface area contributed by atoms with Crippen LogP contribution in [-0.4, -0.2) is 21.6 Å². The number of nitrogens with zero attached hydrogens (tertiary/aromatic N) is 3. The Bertz CT molecular complexity index is 921. The minimum atomic E-state index is -0.454. The van der Waals surface area contributed by atoms with E-state index in [0.29, 0.717) is 6.54 Å². The molecule has 0 aliphatic carbocycles. The number of hydrogen-bond donors (Lipinski definition) is 1. The van der Waals surface area contributed by atoms with E-state index in [0.717, 1.165) is 23.6 Å². The van der Waals surface area contributed by atoms with Crippen molar-refractivity contribution in [3.63, 3.8) is 0 Å². The number of methoxy groups -OCH3 is 1. The standard InChI is InChI=1S/C19H20N4O3/c1-14-20-8-9-22(14)13-16-5-3-4-15(10-16)12-21-17-6-7-18(23(24)25)19(11-17)26-2/h3-11,21H,12-13H2,1-2H3. The van der Waals surface area contributed by atoms with E-state index >= 15 is 0 Å². The lowest BCUT2D eigenvalue weighted by Gasteiger charge is -2.10. The fraction of sp³-hybridized carbons (Fsp3) is 0.211. The number of aromatic nitrogens is 2. The smallest absolute Gasteiger partial charge is 0.311 e. The number of nitro benzene ring substituents is 1. The Hall–Kier alpha value is -3.35. The van der Waals surface area contributed by atoms with Gasteiger partial charge in [0, 0.05) is 43.3 Å². The van der Waals surface area contributed by atoms with Crippen molar-refractivity contribution >= 4 is 11.4 Å². The van der Waals surface area contributed by atoms with E-state index in [-0.39, 0.29) is 11.4 Å². The summed E-state index contributed by atoms with van der Waals surface area (Å²) < 4.78 is 7.19. The molecule has 1 N–H and O–H groups in total. The lowest BCUT2D eigenvalue weighted by atomic mass is 10.1. The van der Waals surface area contributed by atoms with Crippen LogP contribution in [0, 0.1) is 17.0 Å². The molecule has 0 aliphatic heterocycles. The maximum atomic E-state index is 11.0. The van der Waals surface area contributed by atoms with Gasteiger partial charge in [-0.2, -0.15) is 0 Å². The van der Waals surface area contributed by atoms with Gasteiger partial charge in [-0.3, -0.25) is 10.1 Å². The molecule has 0 amide bonds. The number of benzene rings is 2. The van der Waals surface area contributed by atoms with Crippen LogP contribution in [0.4, 0.5) is 11.4 Å².